The van der Waals surface area contributed by atoms with Gasteiger partial charge in [-0.1, -0.05) is 36.4 Å². The molecule has 0 spiro atoms. The molecule has 0 amide bonds. The second kappa shape index (κ2) is 4.15. The minimum Gasteiger partial charge on any atom is -0.317 e. The Hall–Kier alpha value is -2.35. The summed E-state index contributed by atoms with van der Waals surface area (Å²) < 4.78 is 1.63. The Labute approximate surface area is 105 Å². The van der Waals surface area contributed by atoms with Gasteiger partial charge in [0.1, 0.15) is 0 Å². The van der Waals surface area contributed by atoms with Gasteiger partial charge < -0.3 is 4.57 Å². The molecule has 0 aliphatic heterocycles. The van der Waals surface area contributed by atoms with Crippen LogP contribution in [0, 0.1) is 6.07 Å². The van der Waals surface area contributed by atoms with Gasteiger partial charge in [-0.15, -0.1) is 0 Å². The van der Waals surface area contributed by atoms with Crippen LogP contribution in [0.25, 0.3) is 21.9 Å². The van der Waals surface area contributed by atoms with Crippen LogP contribution >= 0.6 is 0 Å². The summed E-state index contributed by atoms with van der Waals surface area (Å²) in [5, 5.41) is 1.74. The average molecular weight is 234 g/mol. The molecule has 2 heteroatoms. The van der Waals surface area contributed by atoms with Crippen LogP contribution in [0.5, 0.6) is 0 Å². The van der Waals surface area contributed by atoms with Crippen molar-refractivity contribution in [2.75, 3.05) is 0 Å². The van der Waals surface area contributed by atoms with Gasteiger partial charge in [0.2, 0.25) is 0 Å². The van der Waals surface area contributed by atoms with Crippen LogP contribution in [-0.4, -0.2) is 4.57 Å². The van der Waals surface area contributed by atoms with Crippen LogP contribution in [0.1, 0.15) is 0 Å². The average Bonchev–Trinajstić information content (AvgIpc) is 2.44. The lowest BCUT2D eigenvalue weighted by Crippen LogP contribution is -2.16. The smallest absolute Gasteiger partial charge is 0.258 e. The first-order valence-corrected chi connectivity index (χ1v) is 5.82. The van der Waals surface area contributed by atoms with Crippen molar-refractivity contribution in [3.63, 3.8) is 0 Å². The van der Waals surface area contributed by atoms with Gasteiger partial charge in [-0.25, -0.2) is 0 Å². The minimum absolute atomic E-state index is 0.0364. The normalized spacial score (nSPS) is 10.7. The van der Waals surface area contributed by atoms with Gasteiger partial charge in [-0.3, -0.25) is 4.79 Å². The number of hydrogen-bond acceptors (Lipinski definition) is 1. The number of fused-ring (bicyclic) bond motifs is 1. The number of nitrogens with zero attached hydrogens (tertiary/aromatic N) is 1. The van der Waals surface area contributed by atoms with E-state index in [2.05, 4.69) is 6.07 Å². The molecule has 2 nitrogen and oxygen atoms in total. The van der Waals surface area contributed by atoms with Crippen molar-refractivity contribution in [3.05, 3.63) is 71.1 Å². The van der Waals surface area contributed by atoms with E-state index in [0.717, 1.165) is 21.9 Å². The summed E-state index contributed by atoms with van der Waals surface area (Å²) in [5.41, 5.74) is 2.17. The van der Waals surface area contributed by atoms with E-state index in [9.17, 15) is 4.79 Å². The molecule has 0 N–H and O–H groups in total. The number of hydrogen-bond donors (Lipinski definition) is 0. The molecule has 3 aromatic rings. The van der Waals surface area contributed by atoms with Crippen LogP contribution < -0.4 is 5.56 Å². The molecule has 0 atom stereocenters. The van der Waals surface area contributed by atoms with Crippen molar-refractivity contribution < 1.29 is 0 Å². The minimum atomic E-state index is 0.0364. The summed E-state index contributed by atoms with van der Waals surface area (Å²) in [6.45, 7) is 0. The summed E-state index contributed by atoms with van der Waals surface area (Å²) >= 11 is 0. The number of aromatic nitrogens is 1. The first kappa shape index (κ1) is 10.8. The Morgan fingerprint density at radius 1 is 1.06 bits per heavy atom. The van der Waals surface area contributed by atoms with Gasteiger partial charge in [0.15, 0.2) is 0 Å². The number of pyridine rings is 1. The van der Waals surface area contributed by atoms with Crippen LogP contribution in [0.15, 0.2) is 59.5 Å². The second-order valence-corrected chi connectivity index (χ2v) is 4.30. The molecule has 1 heterocycles. The van der Waals surface area contributed by atoms with E-state index in [1.165, 1.54) is 0 Å². The largest absolute Gasteiger partial charge is 0.317 e. The summed E-state index contributed by atoms with van der Waals surface area (Å²) in [5.74, 6) is 0. The summed E-state index contributed by atoms with van der Waals surface area (Å²) in [7, 11) is 1.78. The van der Waals surface area contributed by atoms with E-state index >= 15 is 0 Å². The van der Waals surface area contributed by atoms with Crippen molar-refractivity contribution >= 4 is 10.8 Å². The Morgan fingerprint density at radius 2 is 1.83 bits per heavy atom. The highest BCUT2D eigenvalue weighted by molar-refractivity contribution is 5.95. The molecule has 3 rings (SSSR count). The second-order valence-electron chi connectivity index (χ2n) is 4.30. The van der Waals surface area contributed by atoms with Crippen molar-refractivity contribution in [1.29, 1.82) is 0 Å². The van der Waals surface area contributed by atoms with Gasteiger partial charge in [0.05, 0.1) is 0 Å². The van der Waals surface area contributed by atoms with E-state index in [1.54, 1.807) is 11.6 Å². The van der Waals surface area contributed by atoms with Gasteiger partial charge in [-0.2, -0.15) is 0 Å². The predicted molar refractivity (Wildman–Crippen MR) is 73.5 cm³/mol. The maximum atomic E-state index is 12.1. The Kier molecular flexibility index (Phi) is 2.49. The topological polar surface area (TPSA) is 22.0 Å². The zero-order valence-electron chi connectivity index (χ0n) is 10.1. The molecule has 0 saturated heterocycles. The first-order valence-electron chi connectivity index (χ1n) is 5.82. The molecule has 87 valence electrons. The first-order chi connectivity index (χ1) is 8.77. The van der Waals surface area contributed by atoms with Crippen molar-refractivity contribution in [2.24, 2.45) is 7.05 Å². The highest BCUT2D eigenvalue weighted by Gasteiger charge is 2.07. The van der Waals surface area contributed by atoms with Crippen LogP contribution in [0.2, 0.25) is 0 Å². The predicted octanol–water partition coefficient (Wildman–Crippen LogP) is 3.01. The van der Waals surface area contributed by atoms with E-state index < -0.39 is 0 Å². The third kappa shape index (κ3) is 1.63. The monoisotopic (exact) mass is 234 g/mol. The molecule has 1 radical (unpaired) electrons. The maximum Gasteiger partial charge on any atom is 0.258 e. The fourth-order valence-corrected chi connectivity index (χ4v) is 2.21. The maximum absolute atomic E-state index is 12.1. The molecule has 1 aromatic heterocycles. The molecule has 0 aliphatic rings. The Bertz CT molecular complexity index is 757. The SMILES string of the molecule is Cn1cc(-c2c[c]ccc2)c2ccccc2c1=O. The number of benzene rings is 2. The van der Waals surface area contributed by atoms with Crippen molar-refractivity contribution in [1.82, 2.24) is 4.57 Å². The van der Waals surface area contributed by atoms with E-state index in [1.807, 2.05) is 54.7 Å². The third-order valence-electron chi connectivity index (χ3n) is 3.11. The highest BCUT2D eigenvalue weighted by Crippen LogP contribution is 2.25. The van der Waals surface area contributed by atoms with Gasteiger partial charge in [-0.05, 0) is 29.1 Å². The molecular weight excluding hydrogens is 222 g/mol. The van der Waals surface area contributed by atoms with Crippen molar-refractivity contribution in [2.45, 2.75) is 0 Å². The molecular formula is C16H12NO. The Balaban J connectivity index is 2.44. The van der Waals surface area contributed by atoms with Gasteiger partial charge in [0.25, 0.3) is 5.56 Å². The summed E-state index contributed by atoms with van der Waals surface area (Å²) in [4.78, 5) is 12.1. The quantitative estimate of drug-likeness (QED) is 0.634. The van der Waals surface area contributed by atoms with Gasteiger partial charge >= 0.3 is 0 Å². The van der Waals surface area contributed by atoms with Gasteiger partial charge in [0, 0.05) is 24.2 Å². The standard InChI is InChI=1S/C16H12NO/c1-17-11-15(12-7-3-2-4-8-12)13-9-5-6-10-14(13)16(17)18/h2-3,5-11H,1H3. The number of aryl methyl sites for hydroxylation is 1. The lowest BCUT2D eigenvalue weighted by atomic mass is 10.0. The van der Waals surface area contributed by atoms with Crippen LogP contribution in [0.3, 0.4) is 0 Å². The molecule has 0 saturated carbocycles. The molecule has 0 bridgehead atoms. The lowest BCUT2D eigenvalue weighted by Gasteiger charge is -2.09. The molecule has 0 fully saturated rings. The molecule has 18 heavy (non-hydrogen) atoms. The molecule has 0 unspecified atom stereocenters. The zero-order valence-corrected chi connectivity index (χ0v) is 10.1. The fourth-order valence-electron chi connectivity index (χ4n) is 2.21. The lowest BCUT2D eigenvalue weighted by molar-refractivity contribution is 0.875. The Morgan fingerprint density at radius 3 is 2.56 bits per heavy atom. The fraction of sp³-hybridized carbons (Fsp3) is 0.0625. The summed E-state index contributed by atoms with van der Waals surface area (Å²) in [6, 6.07) is 18.6. The number of rotatable bonds is 1. The third-order valence-corrected chi connectivity index (χ3v) is 3.11. The highest BCUT2D eigenvalue weighted by atomic mass is 16.1. The zero-order chi connectivity index (χ0) is 12.5. The molecule has 2 aromatic carbocycles. The van der Waals surface area contributed by atoms with E-state index in [-0.39, 0.29) is 5.56 Å². The van der Waals surface area contributed by atoms with E-state index in [4.69, 9.17) is 0 Å². The van der Waals surface area contributed by atoms with Crippen molar-refractivity contribution in [3.8, 4) is 11.1 Å². The molecule has 0 aliphatic carbocycles. The van der Waals surface area contributed by atoms with Crippen LogP contribution in [0.4, 0.5) is 0 Å². The van der Waals surface area contributed by atoms with Crippen LogP contribution in [-0.2, 0) is 7.05 Å². The summed E-state index contributed by atoms with van der Waals surface area (Å²) in [6.07, 6.45) is 1.88. The van der Waals surface area contributed by atoms with E-state index in [0.29, 0.717) is 0 Å².